The predicted octanol–water partition coefficient (Wildman–Crippen LogP) is 0.934. The zero-order chi connectivity index (χ0) is 19.9. The molecule has 0 radical (unpaired) electrons. The second-order valence-electron chi connectivity index (χ2n) is 6.80. The maximum atomic E-state index is 12.8. The molecule has 0 N–H and O–H groups in total. The molecule has 3 rings (SSSR count). The molecule has 1 atom stereocenters. The molecule has 1 saturated heterocycles. The number of hydrogen-bond acceptors (Lipinski definition) is 6. The van der Waals surface area contributed by atoms with Gasteiger partial charge in [0, 0.05) is 50.8 Å². The van der Waals surface area contributed by atoms with Crippen molar-refractivity contribution in [2.45, 2.75) is 19.3 Å². The average molecular weight is 404 g/mol. The van der Waals surface area contributed by atoms with Crippen LogP contribution in [-0.4, -0.2) is 74.1 Å². The Bertz CT molecular complexity index is 798. The van der Waals surface area contributed by atoms with E-state index in [1.807, 2.05) is 31.6 Å². The summed E-state index contributed by atoms with van der Waals surface area (Å²) in [6, 6.07) is 3.80. The highest BCUT2D eigenvalue weighted by Gasteiger charge is 2.30. The van der Waals surface area contributed by atoms with Crippen LogP contribution in [0.1, 0.15) is 11.1 Å². The summed E-state index contributed by atoms with van der Waals surface area (Å²) < 4.78 is 7.78. The highest BCUT2D eigenvalue weighted by atomic mass is 32.2. The van der Waals surface area contributed by atoms with Crippen LogP contribution in [0.5, 0.6) is 0 Å². The Morgan fingerprint density at radius 1 is 1.32 bits per heavy atom. The van der Waals surface area contributed by atoms with E-state index in [0.717, 1.165) is 11.1 Å². The first-order chi connectivity index (χ1) is 13.5. The molecule has 0 aromatic carbocycles. The SMILES string of the molecule is CSCC(=O)N1CC(=O)N(Cc2cnn(C)c2)CC(OCc2cccnc2)C1. The zero-order valence-corrected chi connectivity index (χ0v) is 17.0. The number of ether oxygens (including phenoxy) is 1. The molecule has 0 bridgehead atoms. The fraction of sp³-hybridized carbons (Fsp3) is 0.474. The van der Waals surface area contributed by atoms with Gasteiger partial charge in [-0.15, -0.1) is 0 Å². The van der Waals surface area contributed by atoms with Gasteiger partial charge in [-0.25, -0.2) is 0 Å². The van der Waals surface area contributed by atoms with Crippen molar-refractivity contribution in [1.82, 2.24) is 24.6 Å². The van der Waals surface area contributed by atoms with Crippen LogP contribution in [0.3, 0.4) is 0 Å². The van der Waals surface area contributed by atoms with E-state index in [4.69, 9.17) is 4.74 Å². The fourth-order valence-corrected chi connectivity index (χ4v) is 3.54. The van der Waals surface area contributed by atoms with Crippen molar-refractivity contribution >= 4 is 23.6 Å². The van der Waals surface area contributed by atoms with E-state index in [2.05, 4.69) is 10.1 Å². The second kappa shape index (κ2) is 9.70. The van der Waals surface area contributed by atoms with Gasteiger partial charge in [0.1, 0.15) is 0 Å². The van der Waals surface area contributed by atoms with Crippen LogP contribution in [0.15, 0.2) is 36.9 Å². The van der Waals surface area contributed by atoms with E-state index >= 15 is 0 Å². The first-order valence-electron chi connectivity index (χ1n) is 9.07. The van der Waals surface area contributed by atoms with E-state index in [-0.39, 0.29) is 24.5 Å². The minimum absolute atomic E-state index is 0.0425. The van der Waals surface area contributed by atoms with Gasteiger partial charge in [-0.3, -0.25) is 19.3 Å². The van der Waals surface area contributed by atoms with Crippen molar-refractivity contribution in [3.05, 3.63) is 48.0 Å². The number of amides is 2. The normalized spacial score (nSPS) is 17.6. The number of carbonyl (C=O) groups is 2. The van der Waals surface area contributed by atoms with E-state index in [1.165, 1.54) is 11.8 Å². The zero-order valence-electron chi connectivity index (χ0n) is 16.2. The van der Waals surface area contributed by atoms with E-state index in [1.54, 1.807) is 33.1 Å². The third-order valence-electron chi connectivity index (χ3n) is 4.49. The molecule has 1 aliphatic rings. The number of hydrogen-bond donors (Lipinski definition) is 0. The molecule has 2 amide bonds. The summed E-state index contributed by atoms with van der Waals surface area (Å²) in [6.07, 6.45) is 8.72. The van der Waals surface area contributed by atoms with Gasteiger partial charge < -0.3 is 14.5 Å². The Labute approximate surface area is 168 Å². The Morgan fingerprint density at radius 2 is 2.18 bits per heavy atom. The summed E-state index contributed by atoms with van der Waals surface area (Å²) in [7, 11) is 1.84. The number of carbonyl (C=O) groups excluding carboxylic acids is 2. The second-order valence-corrected chi connectivity index (χ2v) is 7.66. The molecule has 0 saturated carbocycles. The minimum Gasteiger partial charge on any atom is -0.370 e. The largest absolute Gasteiger partial charge is 0.370 e. The summed E-state index contributed by atoms with van der Waals surface area (Å²) in [5.41, 5.74) is 1.91. The van der Waals surface area contributed by atoms with Crippen molar-refractivity contribution in [2.75, 3.05) is 31.6 Å². The fourth-order valence-electron chi connectivity index (χ4n) is 3.11. The van der Waals surface area contributed by atoms with Crippen LogP contribution in [0.4, 0.5) is 0 Å². The summed E-state index contributed by atoms with van der Waals surface area (Å²) >= 11 is 1.45. The molecule has 9 heteroatoms. The highest BCUT2D eigenvalue weighted by molar-refractivity contribution is 7.99. The first-order valence-corrected chi connectivity index (χ1v) is 10.5. The monoisotopic (exact) mass is 403 g/mol. The van der Waals surface area contributed by atoms with Crippen LogP contribution < -0.4 is 0 Å². The molecular weight excluding hydrogens is 378 g/mol. The van der Waals surface area contributed by atoms with Gasteiger partial charge in [-0.05, 0) is 17.9 Å². The van der Waals surface area contributed by atoms with Gasteiger partial charge in [-0.2, -0.15) is 16.9 Å². The third kappa shape index (κ3) is 5.56. The maximum Gasteiger partial charge on any atom is 0.242 e. The molecular formula is C19H25N5O3S. The van der Waals surface area contributed by atoms with Crippen molar-refractivity contribution in [2.24, 2.45) is 7.05 Å². The maximum absolute atomic E-state index is 12.8. The van der Waals surface area contributed by atoms with Gasteiger partial charge in [0.2, 0.25) is 11.8 Å². The summed E-state index contributed by atoms with van der Waals surface area (Å²) in [6.45, 7) is 1.74. The van der Waals surface area contributed by atoms with Gasteiger partial charge in [0.15, 0.2) is 0 Å². The smallest absolute Gasteiger partial charge is 0.242 e. The van der Waals surface area contributed by atoms with Crippen molar-refractivity contribution in [3.8, 4) is 0 Å². The summed E-state index contributed by atoms with van der Waals surface area (Å²) in [4.78, 5) is 32.7. The molecule has 8 nitrogen and oxygen atoms in total. The number of nitrogens with zero attached hydrogens (tertiary/aromatic N) is 5. The quantitative estimate of drug-likeness (QED) is 0.684. The molecule has 3 heterocycles. The number of thioether (sulfide) groups is 1. The summed E-state index contributed by atoms with van der Waals surface area (Å²) in [5, 5.41) is 4.17. The first kappa shape index (κ1) is 20.3. The van der Waals surface area contributed by atoms with E-state index < -0.39 is 0 Å². The molecule has 28 heavy (non-hydrogen) atoms. The van der Waals surface area contributed by atoms with Gasteiger partial charge in [0.05, 0.1) is 31.2 Å². The Hall–Kier alpha value is -2.39. The van der Waals surface area contributed by atoms with Crippen LogP contribution in [0.25, 0.3) is 0 Å². The lowest BCUT2D eigenvalue weighted by Gasteiger charge is -2.24. The lowest BCUT2D eigenvalue weighted by Crippen LogP contribution is -2.40. The molecule has 1 aliphatic heterocycles. The van der Waals surface area contributed by atoms with Crippen molar-refractivity contribution in [3.63, 3.8) is 0 Å². The predicted molar refractivity (Wildman–Crippen MR) is 106 cm³/mol. The molecule has 1 unspecified atom stereocenters. The van der Waals surface area contributed by atoms with Gasteiger partial charge in [-0.1, -0.05) is 6.07 Å². The minimum atomic E-state index is -0.269. The number of pyridine rings is 1. The molecule has 0 spiro atoms. The van der Waals surface area contributed by atoms with Crippen LogP contribution >= 0.6 is 11.8 Å². The van der Waals surface area contributed by atoms with E-state index in [0.29, 0.717) is 32.0 Å². The summed E-state index contributed by atoms with van der Waals surface area (Å²) in [5.74, 6) is 0.232. The third-order valence-corrected chi connectivity index (χ3v) is 5.02. The standard InChI is InChI=1S/C19H25N5O3S/c1-22-8-16(7-21-22)9-23-10-17(27-13-15-4-3-5-20-6-15)11-24(12-18(23)25)19(26)14-28-2/h3-8,17H,9-14H2,1-2H3. The lowest BCUT2D eigenvalue weighted by atomic mass is 10.2. The van der Waals surface area contributed by atoms with Gasteiger partial charge in [0.25, 0.3) is 0 Å². The van der Waals surface area contributed by atoms with Crippen molar-refractivity contribution < 1.29 is 14.3 Å². The lowest BCUT2D eigenvalue weighted by molar-refractivity contribution is -0.137. The number of rotatable bonds is 7. The van der Waals surface area contributed by atoms with Gasteiger partial charge >= 0.3 is 0 Å². The molecule has 1 fully saturated rings. The van der Waals surface area contributed by atoms with Crippen LogP contribution in [0.2, 0.25) is 0 Å². The van der Waals surface area contributed by atoms with Crippen molar-refractivity contribution in [1.29, 1.82) is 0 Å². The van der Waals surface area contributed by atoms with Crippen LogP contribution in [0, 0.1) is 0 Å². The molecule has 2 aromatic heterocycles. The number of aryl methyl sites for hydroxylation is 1. The van der Waals surface area contributed by atoms with Crippen LogP contribution in [-0.2, 0) is 34.5 Å². The Morgan fingerprint density at radius 3 is 2.86 bits per heavy atom. The average Bonchev–Trinajstić information content (AvgIpc) is 3.02. The molecule has 150 valence electrons. The highest BCUT2D eigenvalue weighted by Crippen LogP contribution is 2.14. The topological polar surface area (TPSA) is 80.6 Å². The Balaban J connectivity index is 1.72. The Kier molecular flexibility index (Phi) is 7.05. The van der Waals surface area contributed by atoms with E-state index in [9.17, 15) is 9.59 Å². The number of aromatic nitrogens is 3. The molecule has 0 aliphatic carbocycles. The molecule has 2 aromatic rings.